The molecule has 0 unspecified atom stereocenters. The number of benzene rings is 16. The number of pyridine rings is 1. The van der Waals surface area contributed by atoms with E-state index in [1.165, 1.54) is 98.4 Å². The van der Waals surface area contributed by atoms with Crippen molar-refractivity contribution in [3.8, 4) is 113 Å². The lowest BCUT2D eigenvalue weighted by Crippen LogP contribution is -1.98. The Morgan fingerprint density at radius 3 is 0.866 bits per heavy atom. The fourth-order valence-corrected chi connectivity index (χ4v) is 17.0. The van der Waals surface area contributed by atoms with Gasteiger partial charge in [0.25, 0.3) is 0 Å². The van der Waals surface area contributed by atoms with Gasteiger partial charge in [0.05, 0.1) is 66.9 Å². The van der Waals surface area contributed by atoms with Gasteiger partial charge >= 0.3 is 0 Å². The molecule has 0 amide bonds. The average Bonchev–Trinajstić information content (AvgIpc) is 1.55. The standard InChI is InChI=1S/C53H35N3.C52H34N4/c1-4-15-36(16-5-1)39-19-14-20-40(33-39)41-34-46(37-17-6-2-7-18-37)54-47(35-41)38-27-29-43(30-28-38)56-49-26-13-11-24-45(49)53-51(56)32-31-50-52(53)44-23-10-12-25-48(44)55(50)42-21-8-3-9-22-42;1-4-16-35(17-5-1)40-22-10-11-23-41(40)45-34-44(36-18-6-2-7-19-36)53-52(54-45)37-28-30-39(31-29-37)56-47-27-15-13-25-43(47)51-49(56)33-32-48-50(51)42-24-12-14-26-46(42)55(48)38-20-8-3-9-21-38/h1-35H;1-34H. The number of para-hydroxylation sites is 6. The van der Waals surface area contributed by atoms with E-state index in [-0.39, 0.29) is 0 Å². The SMILES string of the molecule is c1ccc(-c2cc(-c3ccccc3-c3ccccc3)nc(-c3ccc(-n4c5ccccc5c5c6c7ccccc7n(-c7ccccc7)c6ccc54)cc3)n2)cc1.c1ccc(-c2cccc(-c3cc(-c4ccccc4)nc(-c4ccc(-n5c6ccccc6c6c7c8ccccc8n(-c8ccccc8)c7ccc65)cc4)c3)c2)cc1. The molecule has 7 nitrogen and oxygen atoms in total. The molecule has 6 heterocycles. The fourth-order valence-electron chi connectivity index (χ4n) is 17.0. The van der Waals surface area contributed by atoms with Crippen molar-refractivity contribution in [2.45, 2.75) is 0 Å². The molecule has 0 bridgehead atoms. The zero-order valence-electron chi connectivity index (χ0n) is 61.0. The predicted octanol–water partition coefficient (Wildman–Crippen LogP) is 27.3. The summed E-state index contributed by atoms with van der Waals surface area (Å²) in [5.41, 5.74) is 29.9. The maximum Gasteiger partial charge on any atom is 0.160 e. The molecule has 0 spiro atoms. The Labute approximate surface area is 647 Å². The van der Waals surface area contributed by atoms with E-state index in [1.807, 2.05) is 6.07 Å². The van der Waals surface area contributed by atoms with Gasteiger partial charge < -0.3 is 18.3 Å². The minimum atomic E-state index is 0.688. The Morgan fingerprint density at radius 2 is 0.446 bits per heavy atom. The second-order valence-electron chi connectivity index (χ2n) is 28.6. The molecule has 0 saturated heterocycles. The monoisotopic (exact) mass is 1430 g/mol. The van der Waals surface area contributed by atoms with E-state index in [9.17, 15) is 0 Å². The van der Waals surface area contributed by atoms with E-state index >= 15 is 0 Å². The number of fused-ring (bicyclic) bond motifs is 14. The summed E-state index contributed by atoms with van der Waals surface area (Å²) in [7, 11) is 0. The van der Waals surface area contributed by atoms with Gasteiger partial charge in [-0.1, -0.05) is 285 Å². The first-order valence-electron chi connectivity index (χ1n) is 38.1. The summed E-state index contributed by atoms with van der Waals surface area (Å²) in [6.07, 6.45) is 0. The van der Waals surface area contributed by atoms with Gasteiger partial charge in [-0.05, 0) is 167 Å². The van der Waals surface area contributed by atoms with Gasteiger partial charge in [0.1, 0.15) is 0 Å². The molecule has 0 aliphatic carbocycles. The molecular formula is C105H69N7. The minimum absolute atomic E-state index is 0.688. The molecule has 0 aliphatic rings. The molecular weight excluding hydrogens is 1360 g/mol. The highest BCUT2D eigenvalue weighted by atomic mass is 15.0. The van der Waals surface area contributed by atoms with Crippen LogP contribution in [0, 0.1) is 0 Å². The molecule has 0 aliphatic heterocycles. The van der Waals surface area contributed by atoms with Crippen LogP contribution in [0.4, 0.5) is 0 Å². The Kier molecular flexibility index (Phi) is 16.1. The van der Waals surface area contributed by atoms with Gasteiger partial charge in [0.2, 0.25) is 0 Å². The number of aromatic nitrogens is 7. The number of hydrogen-bond donors (Lipinski definition) is 0. The minimum Gasteiger partial charge on any atom is -0.309 e. The Hall–Kier alpha value is -15.1. The van der Waals surface area contributed by atoms with Gasteiger partial charge in [-0.15, -0.1) is 0 Å². The summed E-state index contributed by atoms with van der Waals surface area (Å²) in [5.74, 6) is 0.688. The van der Waals surface area contributed by atoms with Crippen LogP contribution in [0.5, 0.6) is 0 Å². The molecule has 6 aromatic heterocycles. The van der Waals surface area contributed by atoms with Gasteiger partial charge in [-0.25, -0.2) is 15.0 Å². The normalized spacial score (nSPS) is 11.6. The number of hydrogen-bond acceptors (Lipinski definition) is 3. The summed E-state index contributed by atoms with van der Waals surface area (Å²) in [5, 5.41) is 10.0. The zero-order valence-corrected chi connectivity index (χ0v) is 61.0. The van der Waals surface area contributed by atoms with Crippen molar-refractivity contribution in [1.29, 1.82) is 0 Å². The van der Waals surface area contributed by atoms with Crippen molar-refractivity contribution < 1.29 is 0 Å². The largest absolute Gasteiger partial charge is 0.309 e. The second-order valence-corrected chi connectivity index (χ2v) is 28.6. The van der Waals surface area contributed by atoms with Crippen molar-refractivity contribution in [3.63, 3.8) is 0 Å². The van der Waals surface area contributed by atoms with E-state index in [0.717, 1.165) is 95.6 Å². The highest BCUT2D eigenvalue weighted by molar-refractivity contribution is 6.30. The Balaban J connectivity index is 0.000000141. The molecule has 0 fully saturated rings. The number of rotatable bonds is 12. The quantitative estimate of drug-likeness (QED) is 0.122. The van der Waals surface area contributed by atoms with Crippen molar-refractivity contribution in [3.05, 3.63) is 419 Å². The van der Waals surface area contributed by atoms with Crippen LogP contribution in [0.3, 0.4) is 0 Å². The predicted molar refractivity (Wildman–Crippen MR) is 467 cm³/mol. The van der Waals surface area contributed by atoms with Crippen molar-refractivity contribution in [2.75, 3.05) is 0 Å². The highest BCUT2D eigenvalue weighted by Crippen LogP contribution is 2.46. The van der Waals surface area contributed by atoms with Gasteiger partial charge in [-0.3, -0.25) is 0 Å². The lowest BCUT2D eigenvalue weighted by molar-refractivity contribution is 1.16. The van der Waals surface area contributed by atoms with E-state index in [2.05, 4.69) is 431 Å². The molecule has 22 rings (SSSR count). The molecule has 524 valence electrons. The van der Waals surface area contributed by atoms with Crippen LogP contribution in [0.1, 0.15) is 0 Å². The van der Waals surface area contributed by atoms with Crippen LogP contribution in [0.2, 0.25) is 0 Å². The molecule has 0 N–H and O–H groups in total. The first-order valence-corrected chi connectivity index (χ1v) is 38.1. The van der Waals surface area contributed by atoms with E-state index in [4.69, 9.17) is 15.0 Å². The van der Waals surface area contributed by atoms with Crippen LogP contribution < -0.4 is 0 Å². The van der Waals surface area contributed by atoms with Crippen LogP contribution in [-0.4, -0.2) is 33.2 Å². The van der Waals surface area contributed by atoms with Crippen molar-refractivity contribution in [2.24, 2.45) is 0 Å². The second kappa shape index (κ2) is 27.6. The fraction of sp³-hybridized carbons (Fsp3) is 0. The van der Waals surface area contributed by atoms with E-state index in [0.29, 0.717) is 5.82 Å². The maximum atomic E-state index is 5.25. The van der Waals surface area contributed by atoms with Crippen LogP contribution in [0.25, 0.3) is 200 Å². The van der Waals surface area contributed by atoms with Gasteiger partial charge in [0, 0.05) is 93.7 Å². The Morgan fingerprint density at radius 1 is 0.152 bits per heavy atom. The molecule has 22 aromatic rings. The first-order chi connectivity index (χ1) is 55.6. The summed E-state index contributed by atoms with van der Waals surface area (Å²) >= 11 is 0. The molecule has 0 saturated carbocycles. The van der Waals surface area contributed by atoms with Crippen LogP contribution >= 0.6 is 0 Å². The molecule has 0 atom stereocenters. The topological polar surface area (TPSA) is 58.4 Å². The first kappa shape index (κ1) is 65.3. The molecule has 0 radical (unpaired) electrons. The summed E-state index contributed by atoms with van der Waals surface area (Å²) in [6.45, 7) is 0. The average molecular weight is 1430 g/mol. The Bertz CT molecular complexity index is 7310. The highest BCUT2D eigenvalue weighted by Gasteiger charge is 2.24. The summed E-state index contributed by atoms with van der Waals surface area (Å²) in [4.78, 5) is 15.7. The van der Waals surface area contributed by atoms with Crippen molar-refractivity contribution >= 4 is 87.2 Å². The lowest BCUT2D eigenvalue weighted by Gasteiger charge is -2.13. The third-order valence-electron chi connectivity index (χ3n) is 22.1. The smallest absolute Gasteiger partial charge is 0.160 e. The number of nitrogens with zero attached hydrogens (tertiary/aromatic N) is 7. The summed E-state index contributed by atoms with van der Waals surface area (Å²) in [6, 6.07) is 149. The third kappa shape index (κ3) is 11.3. The third-order valence-corrected chi connectivity index (χ3v) is 22.1. The molecule has 16 aromatic carbocycles. The lowest BCUT2D eigenvalue weighted by atomic mass is 9.96. The molecule has 112 heavy (non-hydrogen) atoms. The van der Waals surface area contributed by atoms with Gasteiger partial charge in [0.15, 0.2) is 5.82 Å². The zero-order chi connectivity index (χ0) is 74.0. The molecule has 7 heteroatoms. The maximum absolute atomic E-state index is 5.25. The van der Waals surface area contributed by atoms with E-state index < -0.39 is 0 Å². The summed E-state index contributed by atoms with van der Waals surface area (Å²) < 4.78 is 9.59. The van der Waals surface area contributed by atoms with E-state index in [1.54, 1.807) is 0 Å². The van der Waals surface area contributed by atoms with Crippen LogP contribution in [-0.2, 0) is 0 Å². The van der Waals surface area contributed by atoms with Crippen molar-refractivity contribution in [1.82, 2.24) is 33.2 Å². The van der Waals surface area contributed by atoms with Crippen LogP contribution in [0.15, 0.2) is 419 Å². The van der Waals surface area contributed by atoms with Gasteiger partial charge in [-0.2, -0.15) is 0 Å².